The second-order valence-electron chi connectivity index (χ2n) is 18.1. The van der Waals surface area contributed by atoms with Gasteiger partial charge in [0.05, 0.1) is 19.5 Å². The molecular weight excluding hydrogens is 901 g/mol. The molecule has 9 amide bonds. The van der Waals surface area contributed by atoms with Crippen LogP contribution in [0.1, 0.15) is 125 Å². The van der Waals surface area contributed by atoms with Crippen molar-refractivity contribution in [2.75, 3.05) is 13.2 Å². The number of unbranched alkanes of at least 4 members (excludes halogenated alkanes) is 1. The van der Waals surface area contributed by atoms with Gasteiger partial charge in [0.1, 0.15) is 48.3 Å². The summed E-state index contributed by atoms with van der Waals surface area (Å²) < 4.78 is 0. The minimum absolute atomic E-state index is 0.0746. The Morgan fingerprint density at radius 3 is 1.62 bits per heavy atom. The van der Waals surface area contributed by atoms with E-state index >= 15 is 0 Å². The zero-order valence-electron chi connectivity index (χ0n) is 41.3. The molecule has 0 spiro atoms. The molecule has 0 saturated heterocycles. The molecule has 0 fully saturated rings. The number of nitrogens with zero attached hydrogens (tertiary/aromatic N) is 1. The third-order valence-electron chi connectivity index (χ3n) is 11.0. The van der Waals surface area contributed by atoms with E-state index < -0.39 is 127 Å². The highest BCUT2D eigenvalue weighted by Crippen LogP contribution is 2.13. The lowest BCUT2D eigenvalue weighted by Crippen LogP contribution is -2.61. The summed E-state index contributed by atoms with van der Waals surface area (Å²) in [7, 11) is 0. The van der Waals surface area contributed by atoms with Crippen LogP contribution in [0.2, 0.25) is 0 Å². The number of nitrogens with one attached hydrogen (secondary N) is 9. The molecule has 0 aromatic carbocycles. The first-order valence-corrected chi connectivity index (χ1v) is 23.7. The largest absolute Gasteiger partial charge is 0.480 e. The van der Waals surface area contributed by atoms with Crippen LogP contribution < -0.4 is 54.0 Å². The van der Waals surface area contributed by atoms with E-state index in [1.807, 2.05) is 6.92 Å². The molecule has 24 nitrogen and oxygen atoms in total. The van der Waals surface area contributed by atoms with Gasteiger partial charge in [-0.25, -0.2) is 9.78 Å². The van der Waals surface area contributed by atoms with E-state index in [9.17, 15) is 58.2 Å². The van der Waals surface area contributed by atoms with Crippen molar-refractivity contribution in [2.24, 2.45) is 29.2 Å². The van der Waals surface area contributed by atoms with Crippen LogP contribution in [0.5, 0.6) is 0 Å². The number of hydrogen-bond donors (Lipinski definition) is 13. The minimum atomic E-state index is -1.49. The number of primary amides is 1. The highest BCUT2D eigenvalue weighted by atomic mass is 16.4. The van der Waals surface area contributed by atoms with E-state index in [2.05, 4.69) is 52.5 Å². The summed E-state index contributed by atoms with van der Waals surface area (Å²) in [5, 5.41) is 39.4. The molecule has 0 aliphatic carbocycles. The van der Waals surface area contributed by atoms with Crippen molar-refractivity contribution in [3.8, 4) is 0 Å². The van der Waals surface area contributed by atoms with Crippen LogP contribution in [-0.4, -0.2) is 141 Å². The summed E-state index contributed by atoms with van der Waals surface area (Å²) in [5.74, 6) is -9.14. The topological polar surface area (TPSA) is 388 Å². The Hall–Kier alpha value is -6.17. The second-order valence-corrected chi connectivity index (χ2v) is 18.1. The molecule has 9 atom stereocenters. The van der Waals surface area contributed by atoms with Crippen LogP contribution >= 0.6 is 0 Å². The predicted molar refractivity (Wildman–Crippen MR) is 253 cm³/mol. The monoisotopic (exact) mass is 979 g/mol. The molecule has 1 aromatic heterocycles. The molecule has 0 unspecified atom stereocenters. The number of carboxylic acid groups (broad SMARTS) is 1. The molecule has 1 heterocycles. The molecular formula is C45H78N12O12. The molecule has 1 aromatic rings. The number of nitrogens with two attached hydrogens (primary N) is 2. The maximum absolute atomic E-state index is 14.2. The van der Waals surface area contributed by atoms with E-state index in [4.69, 9.17) is 11.5 Å². The van der Waals surface area contributed by atoms with Crippen molar-refractivity contribution in [3.05, 3.63) is 18.2 Å². The van der Waals surface area contributed by atoms with Crippen LogP contribution in [0.4, 0.5) is 0 Å². The minimum Gasteiger partial charge on any atom is -0.480 e. The SMILES string of the molecule is CCCC[C@H](NC(=O)CNC(=O)[C@@H](NC(=O)[C@H](CC(C)C)NC(=O)[C@H](Cc1cnc[nH]1)NC(=O)[C@H](CCC(N)=O)NC(=O)[C@H](CC(C)C)NC(=O)[C@H](CCC)NC(=O)[C@@H](N)CO)[C@@H](C)CC)C(=O)O. The van der Waals surface area contributed by atoms with Crippen molar-refractivity contribution in [2.45, 2.75) is 174 Å². The second kappa shape index (κ2) is 31.8. The van der Waals surface area contributed by atoms with Gasteiger partial charge in [-0.05, 0) is 49.9 Å². The van der Waals surface area contributed by atoms with Crippen molar-refractivity contribution in [3.63, 3.8) is 0 Å². The average Bonchev–Trinajstić information content (AvgIpc) is 3.81. The number of aromatic nitrogens is 2. The number of hydrogen-bond acceptors (Lipinski definition) is 13. The van der Waals surface area contributed by atoms with Crippen molar-refractivity contribution >= 4 is 59.1 Å². The number of aliphatic carboxylic acids is 1. The van der Waals surface area contributed by atoms with Gasteiger partial charge in [-0.3, -0.25) is 43.2 Å². The molecule has 15 N–H and O–H groups in total. The standard InChI is InChI=1S/C45H78N12O12/c1-9-12-14-31(45(68)69)51-36(60)21-49-44(67)37(26(8)11-3)57-43(66)33(18-25(6)7)55-42(65)34(19-27-20-48-23-50-27)56-40(63)30(15-16-35(47)59)53-41(64)32(17-24(4)5)54-39(62)29(13-10-2)52-38(61)28(46)22-58/h20,23-26,28-34,37,58H,9-19,21-22,46H2,1-8H3,(H2,47,59)(H,48,50)(H,49,67)(H,51,60)(H,52,61)(H,53,64)(H,54,62)(H,55,65)(H,56,63)(H,57,66)(H,68,69)/t26-,28-,29-,30-,31-,32-,33-,34-,37-/m0/s1. The molecule has 0 aliphatic heterocycles. The van der Waals surface area contributed by atoms with Gasteiger partial charge in [-0.1, -0.05) is 81.1 Å². The van der Waals surface area contributed by atoms with Gasteiger partial charge in [0.25, 0.3) is 0 Å². The first-order chi connectivity index (χ1) is 32.5. The molecule has 0 bridgehead atoms. The Bertz CT molecular complexity index is 1850. The fraction of sp³-hybridized carbons (Fsp3) is 0.711. The number of rotatable bonds is 34. The zero-order valence-corrected chi connectivity index (χ0v) is 41.3. The number of carbonyl (C=O) groups excluding carboxylic acids is 9. The fourth-order valence-electron chi connectivity index (χ4n) is 6.94. The van der Waals surface area contributed by atoms with Gasteiger partial charge in [0, 0.05) is 24.7 Å². The van der Waals surface area contributed by atoms with Crippen molar-refractivity contribution < 1.29 is 58.2 Å². The number of amides is 9. The van der Waals surface area contributed by atoms with Gasteiger partial charge in [-0.2, -0.15) is 0 Å². The number of H-pyrrole nitrogens is 1. The van der Waals surface area contributed by atoms with Crippen LogP contribution in [0.3, 0.4) is 0 Å². The number of imidazole rings is 1. The van der Waals surface area contributed by atoms with E-state index in [-0.39, 0.29) is 56.8 Å². The summed E-state index contributed by atoms with van der Waals surface area (Å²) in [6.07, 6.45) is 4.52. The number of carboxylic acids is 1. The Kier molecular flexibility index (Phi) is 28.0. The van der Waals surface area contributed by atoms with Crippen LogP contribution in [0.25, 0.3) is 0 Å². The molecule has 390 valence electrons. The molecule has 0 aliphatic rings. The maximum Gasteiger partial charge on any atom is 0.326 e. The zero-order chi connectivity index (χ0) is 52.4. The summed E-state index contributed by atoms with van der Waals surface area (Å²) >= 11 is 0. The van der Waals surface area contributed by atoms with E-state index in [0.717, 1.165) is 0 Å². The summed E-state index contributed by atoms with van der Waals surface area (Å²) in [5.41, 5.74) is 11.5. The quantitative estimate of drug-likeness (QED) is 0.0365. The lowest BCUT2D eigenvalue weighted by atomic mass is 9.96. The van der Waals surface area contributed by atoms with Crippen molar-refractivity contribution in [1.82, 2.24) is 52.5 Å². The van der Waals surface area contributed by atoms with E-state index in [1.54, 1.807) is 48.5 Å². The fourth-order valence-corrected chi connectivity index (χ4v) is 6.94. The summed E-state index contributed by atoms with van der Waals surface area (Å²) in [6.45, 7) is 13.1. The lowest BCUT2D eigenvalue weighted by Gasteiger charge is -2.29. The highest BCUT2D eigenvalue weighted by molar-refractivity contribution is 5.98. The molecule has 0 radical (unpaired) electrons. The molecule has 1 rings (SSSR count). The van der Waals surface area contributed by atoms with E-state index in [1.165, 1.54) is 12.5 Å². The molecule has 24 heteroatoms. The third-order valence-corrected chi connectivity index (χ3v) is 11.0. The first kappa shape index (κ1) is 60.8. The van der Waals surface area contributed by atoms with Gasteiger partial charge >= 0.3 is 5.97 Å². The van der Waals surface area contributed by atoms with Gasteiger partial charge in [0.15, 0.2) is 0 Å². The normalized spacial score (nSPS) is 15.1. The van der Waals surface area contributed by atoms with Crippen molar-refractivity contribution in [1.29, 1.82) is 0 Å². The smallest absolute Gasteiger partial charge is 0.326 e. The summed E-state index contributed by atoms with van der Waals surface area (Å²) in [6, 6.07) is -10.2. The highest BCUT2D eigenvalue weighted by Gasteiger charge is 2.35. The lowest BCUT2D eigenvalue weighted by molar-refractivity contribution is -0.142. The number of aliphatic hydroxyl groups excluding tert-OH is 1. The van der Waals surface area contributed by atoms with Crippen LogP contribution in [0.15, 0.2) is 12.5 Å². The third kappa shape index (κ3) is 23.1. The van der Waals surface area contributed by atoms with Gasteiger partial charge < -0.3 is 69.2 Å². The van der Waals surface area contributed by atoms with Gasteiger partial charge in [-0.15, -0.1) is 0 Å². The maximum atomic E-state index is 14.2. The number of aromatic amines is 1. The number of carbonyl (C=O) groups is 10. The summed E-state index contributed by atoms with van der Waals surface area (Å²) in [4.78, 5) is 139. The number of aliphatic hydroxyl groups is 1. The first-order valence-electron chi connectivity index (χ1n) is 23.7. The van der Waals surface area contributed by atoms with Gasteiger partial charge in [0.2, 0.25) is 53.2 Å². The Labute approximate surface area is 403 Å². The average molecular weight is 979 g/mol. The predicted octanol–water partition coefficient (Wildman–Crippen LogP) is -1.74. The Balaban J connectivity index is 3.44. The molecule has 0 saturated carbocycles. The molecule has 69 heavy (non-hydrogen) atoms. The Morgan fingerprint density at radius 1 is 0.638 bits per heavy atom. The van der Waals surface area contributed by atoms with Crippen LogP contribution in [0, 0.1) is 17.8 Å². The van der Waals surface area contributed by atoms with Crippen LogP contribution in [-0.2, 0) is 54.4 Å². The van der Waals surface area contributed by atoms with E-state index in [0.29, 0.717) is 31.4 Å². The Morgan fingerprint density at radius 2 is 1.14 bits per heavy atom.